The fourth-order valence-corrected chi connectivity index (χ4v) is 3.59. The van der Waals surface area contributed by atoms with Crippen LogP contribution in [0.1, 0.15) is 15.9 Å². The van der Waals surface area contributed by atoms with Gasteiger partial charge in [0, 0.05) is 47.1 Å². The summed E-state index contributed by atoms with van der Waals surface area (Å²) in [6, 6.07) is 15.3. The number of aromatic nitrogens is 3. The molecule has 0 unspecified atom stereocenters. The molecule has 4 rings (SSSR count). The molecular weight excluding hydrogens is 344 g/mol. The molecule has 0 atom stereocenters. The first kappa shape index (κ1) is 16.4. The number of amides is 1. The number of thioether (sulfide) groups is 1. The molecular formula is C20H16N4OS. The maximum atomic E-state index is 12.7. The summed E-state index contributed by atoms with van der Waals surface area (Å²) >= 11 is 1.54. The fraction of sp³-hybridized carbons (Fsp3) is 0.0500. The van der Waals surface area contributed by atoms with Crippen LogP contribution in [-0.4, -0.2) is 20.9 Å². The molecule has 128 valence electrons. The van der Waals surface area contributed by atoms with Crippen LogP contribution in [0.2, 0.25) is 0 Å². The highest BCUT2D eigenvalue weighted by Crippen LogP contribution is 2.25. The molecule has 0 bridgehead atoms. The second-order valence-electron chi connectivity index (χ2n) is 5.73. The van der Waals surface area contributed by atoms with E-state index < -0.39 is 0 Å². The molecule has 1 amide bonds. The minimum absolute atomic E-state index is 0.162. The minimum Gasteiger partial charge on any atom is -0.361 e. The first-order valence-corrected chi connectivity index (χ1v) is 9.13. The van der Waals surface area contributed by atoms with Crippen LogP contribution in [0.4, 0.5) is 5.69 Å². The highest BCUT2D eigenvalue weighted by molar-refractivity contribution is 7.98. The van der Waals surface area contributed by atoms with Crippen molar-refractivity contribution < 1.29 is 4.79 Å². The van der Waals surface area contributed by atoms with Gasteiger partial charge < -0.3 is 10.3 Å². The first-order chi connectivity index (χ1) is 12.8. The van der Waals surface area contributed by atoms with E-state index in [1.807, 2.05) is 42.6 Å². The lowest BCUT2D eigenvalue weighted by atomic mass is 10.2. The van der Waals surface area contributed by atoms with Gasteiger partial charge in [-0.2, -0.15) is 0 Å². The van der Waals surface area contributed by atoms with Crippen molar-refractivity contribution in [2.24, 2.45) is 0 Å². The lowest BCUT2D eigenvalue weighted by Gasteiger charge is -2.09. The average molecular weight is 360 g/mol. The van der Waals surface area contributed by atoms with Crippen LogP contribution in [0.5, 0.6) is 0 Å². The summed E-state index contributed by atoms with van der Waals surface area (Å²) in [7, 11) is 0. The van der Waals surface area contributed by atoms with Crippen LogP contribution in [0.15, 0.2) is 78.3 Å². The maximum Gasteiger partial charge on any atom is 0.258 e. The second kappa shape index (κ2) is 7.41. The van der Waals surface area contributed by atoms with Gasteiger partial charge in [0.15, 0.2) is 0 Å². The molecule has 0 aliphatic carbocycles. The Morgan fingerprint density at radius 2 is 1.96 bits per heavy atom. The fourth-order valence-electron chi connectivity index (χ4n) is 2.64. The van der Waals surface area contributed by atoms with Crippen molar-refractivity contribution in [3.05, 3.63) is 84.4 Å². The Kier molecular flexibility index (Phi) is 4.66. The molecule has 1 aromatic carbocycles. The number of fused-ring (bicyclic) bond motifs is 1. The van der Waals surface area contributed by atoms with Crippen LogP contribution in [-0.2, 0) is 5.75 Å². The Balaban J connectivity index is 1.52. The topological polar surface area (TPSA) is 70.7 Å². The predicted molar refractivity (Wildman–Crippen MR) is 104 cm³/mol. The van der Waals surface area contributed by atoms with E-state index in [4.69, 9.17) is 0 Å². The molecule has 0 saturated carbocycles. The molecule has 26 heavy (non-hydrogen) atoms. The standard InChI is InChI=1S/C20H16N4OS/c25-19(24-16-3-4-18-15(12-16)7-11-22-18)17-2-1-8-23-20(17)26-13-14-5-9-21-10-6-14/h1-12,22H,13H2,(H,24,25). The van der Waals surface area contributed by atoms with Crippen molar-refractivity contribution in [3.63, 3.8) is 0 Å². The molecule has 3 aromatic heterocycles. The molecule has 0 fully saturated rings. The molecule has 0 radical (unpaired) electrons. The first-order valence-electron chi connectivity index (χ1n) is 8.15. The van der Waals surface area contributed by atoms with Gasteiger partial charge in [-0.1, -0.05) is 0 Å². The van der Waals surface area contributed by atoms with Gasteiger partial charge in [0.2, 0.25) is 0 Å². The van der Waals surface area contributed by atoms with Crippen LogP contribution in [0.3, 0.4) is 0 Å². The van der Waals surface area contributed by atoms with E-state index in [1.165, 1.54) is 11.8 Å². The lowest BCUT2D eigenvalue weighted by molar-refractivity contribution is 0.102. The number of nitrogens with zero attached hydrogens (tertiary/aromatic N) is 2. The number of H-pyrrole nitrogens is 1. The molecule has 3 heterocycles. The minimum atomic E-state index is -0.162. The second-order valence-corrected chi connectivity index (χ2v) is 6.70. The number of carbonyl (C=O) groups excluding carboxylic acids is 1. The maximum absolute atomic E-state index is 12.7. The Labute approximate surface area is 154 Å². The third-order valence-corrected chi connectivity index (χ3v) is 5.03. The third kappa shape index (κ3) is 3.60. The van der Waals surface area contributed by atoms with Gasteiger partial charge in [0.05, 0.1) is 5.56 Å². The predicted octanol–water partition coefficient (Wildman–Crippen LogP) is 4.50. The van der Waals surface area contributed by atoms with Gasteiger partial charge in [0.25, 0.3) is 5.91 Å². The quantitative estimate of drug-likeness (QED) is 0.514. The summed E-state index contributed by atoms with van der Waals surface area (Å²) in [6.45, 7) is 0. The number of nitrogens with one attached hydrogen (secondary N) is 2. The zero-order valence-electron chi connectivity index (χ0n) is 13.8. The molecule has 0 aliphatic rings. The van der Waals surface area contributed by atoms with Crippen LogP contribution < -0.4 is 5.32 Å². The summed E-state index contributed by atoms with van der Waals surface area (Å²) < 4.78 is 0. The van der Waals surface area contributed by atoms with E-state index in [9.17, 15) is 4.79 Å². The summed E-state index contributed by atoms with van der Waals surface area (Å²) in [4.78, 5) is 24.3. The van der Waals surface area contributed by atoms with Crippen molar-refractivity contribution in [2.75, 3.05) is 5.32 Å². The summed E-state index contributed by atoms with van der Waals surface area (Å²) in [5.41, 5.74) is 3.51. The molecule has 5 nitrogen and oxygen atoms in total. The molecule has 2 N–H and O–H groups in total. The third-order valence-electron chi connectivity index (χ3n) is 3.95. The number of benzene rings is 1. The summed E-state index contributed by atoms with van der Waals surface area (Å²) in [6.07, 6.45) is 7.11. The normalized spacial score (nSPS) is 10.8. The number of hydrogen-bond acceptors (Lipinski definition) is 4. The van der Waals surface area contributed by atoms with Crippen molar-refractivity contribution in [3.8, 4) is 0 Å². The van der Waals surface area contributed by atoms with E-state index in [-0.39, 0.29) is 5.91 Å². The van der Waals surface area contributed by atoms with Crippen molar-refractivity contribution in [1.29, 1.82) is 0 Å². The Morgan fingerprint density at radius 3 is 2.85 bits per heavy atom. The van der Waals surface area contributed by atoms with Crippen LogP contribution in [0, 0.1) is 0 Å². The van der Waals surface area contributed by atoms with Crippen LogP contribution >= 0.6 is 11.8 Å². The van der Waals surface area contributed by atoms with E-state index in [0.29, 0.717) is 10.6 Å². The largest absolute Gasteiger partial charge is 0.361 e. The van der Waals surface area contributed by atoms with E-state index in [0.717, 1.165) is 27.9 Å². The van der Waals surface area contributed by atoms with E-state index in [1.54, 1.807) is 30.7 Å². The number of carbonyl (C=O) groups is 1. The number of aromatic amines is 1. The van der Waals surface area contributed by atoms with Crippen LogP contribution in [0.25, 0.3) is 10.9 Å². The Hall–Kier alpha value is -3.12. The van der Waals surface area contributed by atoms with E-state index in [2.05, 4.69) is 20.3 Å². The highest BCUT2D eigenvalue weighted by Gasteiger charge is 2.13. The van der Waals surface area contributed by atoms with Gasteiger partial charge >= 0.3 is 0 Å². The Morgan fingerprint density at radius 1 is 1.08 bits per heavy atom. The molecule has 6 heteroatoms. The number of anilines is 1. The van der Waals surface area contributed by atoms with E-state index >= 15 is 0 Å². The molecule has 0 spiro atoms. The van der Waals surface area contributed by atoms with Crippen molar-refractivity contribution in [1.82, 2.24) is 15.0 Å². The van der Waals surface area contributed by atoms with Crippen molar-refractivity contribution >= 4 is 34.3 Å². The van der Waals surface area contributed by atoms with Gasteiger partial charge in [-0.3, -0.25) is 9.78 Å². The smallest absolute Gasteiger partial charge is 0.258 e. The van der Waals surface area contributed by atoms with Gasteiger partial charge in [0.1, 0.15) is 5.03 Å². The molecule has 0 saturated heterocycles. The zero-order valence-corrected chi connectivity index (χ0v) is 14.7. The summed E-state index contributed by atoms with van der Waals surface area (Å²) in [5, 5.41) is 4.73. The number of pyridine rings is 2. The molecule has 4 aromatic rings. The lowest BCUT2D eigenvalue weighted by Crippen LogP contribution is -2.13. The number of rotatable bonds is 5. The average Bonchev–Trinajstić information content (AvgIpc) is 3.15. The van der Waals surface area contributed by atoms with Crippen molar-refractivity contribution in [2.45, 2.75) is 10.8 Å². The zero-order chi connectivity index (χ0) is 17.8. The Bertz CT molecular complexity index is 1050. The monoisotopic (exact) mass is 360 g/mol. The van der Waals surface area contributed by atoms with Gasteiger partial charge in [-0.15, -0.1) is 11.8 Å². The summed E-state index contributed by atoms with van der Waals surface area (Å²) in [5.74, 6) is 0.569. The number of hydrogen-bond donors (Lipinski definition) is 2. The SMILES string of the molecule is O=C(Nc1ccc2[nH]ccc2c1)c1cccnc1SCc1ccncc1. The highest BCUT2D eigenvalue weighted by atomic mass is 32.2. The molecule has 0 aliphatic heterocycles. The van der Waals surface area contributed by atoms with Gasteiger partial charge in [-0.25, -0.2) is 4.98 Å². The van der Waals surface area contributed by atoms with Gasteiger partial charge in [-0.05, 0) is 54.1 Å².